The van der Waals surface area contributed by atoms with Gasteiger partial charge in [0.15, 0.2) is 0 Å². The number of hydrogen-bond acceptors (Lipinski definition) is 5. The van der Waals surface area contributed by atoms with Crippen molar-refractivity contribution in [2.24, 2.45) is 0 Å². The first kappa shape index (κ1) is 16.8. The number of rotatable bonds is 2. The fourth-order valence-corrected chi connectivity index (χ4v) is 3.67. The molecule has 0 aliphatic carbocycles. The number of nitrogens with zero attached hydrogens (tertiary/aromatic N) is 4. The van der Waals surface area contributed by atoms with E-state index in [1.165, 1.54) is 0 Å². The second kappa shape index (κ2) is 6.44. The first-order valence-corrected chi connectivity index (χ1v) is 8.15. The first-order chi connectivity index (χ1) is 12.1. The molecule has 0 saturated carbocycles. The van der Waals surface area contributed by atoms with Crippen LogP contribution in [-0.4, -0.2) is 32.1 Å². The van der Waals surface area contributed by atoms with Crippen molar-refractivity contribution < 1.29 is 4.74 Å². The summed E-state index contributed by atoms with van der Waals surface area (Å²) in [5.74, 6) is 0.785. The first-order valence-electron chi connectivity index (χ1n) is 8.15. The van der Waals surface area contributed by atoms with Gasteiger partial charge in [0.1, 0.15) is 24.0 Å². The van der Waals surface area contributed by atoms with E-state index in [0.29, 0.717) is 12.0 Å². The molecule has 25 heavy (non-hydrogen) atoms. The van der Waals surface area contributed by atoms with E-state index in [-0.39, 0.29) is 0 Å². The van der Waals surface area contributed by atoms with Crippen molar-refractivity contribution in [1.29, 1.82) is 15.8 Å². The van der Waals surface area contributed by atoms with Gasteiger partial charge in [-0.1, -0.05) is 24.3 Å². The van der Waals surface area contributed by atoms with E-state index in [1.807, 2.05) is 49.5 Å². The Morgan fingerprint density at radius 1 is 0.960 bits per heavy atom. The molecule has 0 N–H and O–H groups in total. The van der Waals surface area contributed by atoms with Crippen LogP contribution in [0.25, 0.3) is 10.8 Å². The van der Waals surface area contributed by atoms with E-state index in [2.05, 4.69) is 4.90 Å². The number of benzene rings is 2. The van der Waals surface area contributed by atoms with Gasteiger partial charge >= 0.3 is 0 Å². The summed E-state index contributed by atoms with van der Waals surface area (Å²) in [6.45, 7) is 1.67. The molecule has 0 saturated heterocycles. The highest BCUT2D eigenvalue weighted by atomic mass is 16.5. The molecule has 124 valence electrons. The lowest BCUT2D eigenvalue weighted by Gasteiger charge is -2.23. The molecule has 1 aliphatic rings. The van der Waals surface area contributed by atoms with Gasteiger partial charge in [-0.3, -0.25) is 0 Å². The summed E-state index contributed by atoms with van der Waals surface area (Å²) in [5.41, 5.74) is 0.621. The van der Waals surface area contributed by atoms with Crippen molar-refractivity contribution in [3.8, 4) is 24.0 Å². The molecule has 1 heterocycles. The van der Waals surface area contributed by atoms with Crippen LogP contribution in [0.2, 0.25) is 0 Å². The summed E-state index contributed by atoms with van der Waals surface area (Å²) >= 11 is 0. The number of likely N-dealkylation sites (N-methyl/N-ethyl adjacent to an activating group) is 1. The zero-order chi connectivity index (χ0) is 18.0. The van der Waals surface area contributed by atoms with Crippen LogP contribution in [0.3, 0.4) is 0 Å². The fraction of sp³-hybridized carbons (Fsp3) is 0.350. The molecule has 5 heteroatoms. The second-order valence-corrected chi connectivity index (χ2v) is 6.30. The van der Waals surface area contributed by atoms with Crippen LogP contribution < -0.4 is 4.74 Å². The van der Waals surface area contributed by atoms with Crippen molar-refractivity contribution in [2.75, 3.05) is 27.2 Å². The number of ether oxygens (including phenoxy) is 1. The third-order valence-corrected chi connectivity index (χ3v) is 4.95. The highest BCUT2D eigenvalue weighted by Crippen LogP contribution is 2.42. The predicted octanol–water partition coefficient (Wildman–Crippen LogP) is 2.69. The lowest BCUT2D eigenvalue weighted by atomic mass is 9.76. The second-order valence-electron chi connectivity index (χ2n) is 6.30. The fourth-order valence-electron chi connectivity index (χ4n) is 3.67. The molecule has 1 aliphatic heterocycles. The molecule has 2 aromatic rings. The smallest absolute Gasteiger partial charge is 0.254 e. The van der Waals surface area contributed by atoms with Gasteiger partial charge in [-0.25, -0.2) is 0 Å². The zero-order valence-electron chi connectivity index (χ0n) is 14.3. The van der Waals surface area contributed by atoms with Crippen LogP contribution in [-0.2, 0) is 18.3 Å². The third-order valence-electron chi connectivity index (χ3n) is 4.95. The molecule has 0 amide bonds. The Kier molecular flexibility index (Phi) is 4.32. The summed E-state index contributed by atoms with van der Waals surface area (Å²) in [6.07, 6.45) is 1.43. The van der Waals surface area contributed by atoms with Gasteiger partial charge in [0.25, 0.3) is 5.41 Å². The molecule has 0 unspecified atom stereocenters. The topological polar surface area (TPSA) is 83.8 Å². The maximum absolute atomic E-state index is 9.70. The number of hydrogen-bond donors (Lipinski definition) is 0. The van der Waals surface area contributed by atoms with Crippen LogP contribution in [0.4, 0.5) is 0 Å². The maximum atomic E-state index is 9.70. The monoisotopic (exact) mass is 330 g/mol. The van der Waals surface area contributed by atoms with Gasteiger partial charge in [0.05, 0.1) is 7.11 Å². The molecule has 0 fully saturated rings. The van der Waals surface area contributed by atoms with E-state index < -0.39 is 5.41 Å². The van der Waals surface area contributed by atoms with E-state index >= 15 is 0 Å². The number of nitriles is 3. The molecule has 0 aromatic heterocycles. The van der Waals surface area contributed by atoms with Crippen molar-refractivity contribution >= 4 is 10.8 Å². The van der Waals surface area contributed by atoms with Crippen LogP contribution in [0.1, 0.15) is 16.7 Å². The van der Waals surface area contributed by atoms with E-state index in [0.717, 1.165) is 47.2 Å². The van der Waals surface area contributed by atoms with Crippen LogP contribution in [0.15, 0.2) is 24.3 Å². The molecular formula is C20H18N4O. The van der Waals surface area contributed by atoms with Gasteiger partial charge in [-0.2, -0.15) is 15.8 Å². The molecule has 0 atom stereocenters. The van der Waals surface area contributed by atoms with Crippen molar-refractivity contribution in [1.82, 2.24) is 4.90 Å². The quantitative estimate of drug-likeness (QED) is 0.845. The minimum Gasteiger partial charge on any atom is -0.496 e. The Hall–Kier alpha value is -3.07. The highest BCUT2D eigenvalue weighted by Gasteiger charge is 2.39. The average molecular weight is 330 g/mol. The molecule has 2 aromatic carbocycles. The average Bonchev–Trinajstić information content (AvgIpc) is 2.85. The predicted molar refractivity (Wildman–Crippen MR) is 93.9 cm³/mol. The third kappa shape index (κ3) is 2.49. The lowest BCUT2D eigenvalue weighted by molar-refractivity contribution is 0.350. The highest BCUT2D eigenvalue weighted by molar-refractivity contribution is 5.96. The summed E-state index contributed by atoms with van der Waals surface area (Å²) in [5, 5.41) is 30.7. The van der Waals surface area contributed by atoms with Gasteiger partial charge in [0, 0.05) is 24.0 Å². The summed E-state index contributed by atoms with van der Waals surface area (Å²) < 4.78 is 5.72. The standard InChI is InChI=1S/C20H18N4O/c1-24-9-7-15-17(8-10-24)19(25-2)16-6-4-3-5-14(16)18(15)20(11-21,12-22)13-23/h3-6H,7-10H2,1-2H3. The van der Waals surface area contributed by atoms with Gasteiger partial charge in [-0.05, 0) is 36.4 Å². The van der Waals surface area contributed by atoms with Gasteiger partial charge in [0.2, 0.25) is 0 Å². The van der Waals surface area contributed by atoms with Crippen LogP contribution >= 0.6 is 0 Å². The molecule has 0 spiro atoms. The SMILES string of the molecule is COc1c2c(c(C(C#N)(C#N)C#N)c3ccccc13)CCN(C)CC2. The Balaban J connectivity index is 2.51. The van der Waals surface area contributed by atoms with Crippen molar-refractivity contribution in [3.05, 3.63) is 41.0 Å². The van der Waals surface area contributed by atoms with E-state index in [1.54, 1.807) is 7.11 Å². The molecular weight excluding hydrogens is 312 g/mol. The van der Waals surface area contributed by atoms with E-state index in [9.17, 15) is 15.8 Å². The van der Waals surface area contributed by atoms with Crippen LogP contribution in [0.5, 0.6) is 5.75 Å². The number of methoxy groups -OCH3 is 1. The molecule has 5 nitrogen and oxygen atoms in total. The molecule has 0 radical (unpaired) electrons. The Bertz CT molecular complexity index is 923. The summed E-state index contributed by atoms with van der Waals surface area (Å²) in [7, 11) is 3.69. The zero-order valence-corrected chi connectivity index (χ0v) is 14.3. The van der Waals surface area contributed by atoms with E-state index in [4.69, 9.17) is 4.74 Å². The molecule has 3 rings (SSSR count). The minimum absolute atomic E-state index is 0.529. The largest absolute Gasteiger partial charge is 0.496 e. The summed E-state index contributed by atoms with van der Waals surface area (Å²) in [6, 6.07) is 13.4. The summed E-state index contributed by atoms with van der Waals surface area (Å²) in [4.78, 5) is 2.21. The number of fused-ring (bicyclic) bond motifs is 2. The Morgan fingerprint density at radius 3 is 2.08 bits per heavy atom. The maximum Gasteiger partial charge on any atom is 0.254 e. The van der Waals surface area contributed by atoms with Gasteiger partial charge < -0.3 is 9.64 Å². The lowest BCUT2D eigenvalue weighted by Crippen LogP contribution is -2.24. The molecule has 0 bridgehead atoms. The Labute approximate surface area is 147 Å². The Morgan fingerprint density at radius 2 is 1.52 bits per heavy atom. The normalized spacial score (nSPS) is 14.7. The van der Waals surface area contributed by atoms with Crippen LogP contribution in [0, 0.1) is 34.0 Å². The minimum atomic E-state index is -1.82. The van der Waals surface area contributed by atoms with Gasteiger partial charge in [-0.15, -0.1) is 0 Å². The van der Waals surface area contributed by atoms with Crippen molar-refractivity contribution in [3.63, 3.8) is 0 Å². The van der Waals surface area contributed by atoms with Crippen molar-refractivity contribution in [2.45, 2.75) is 18.3 Å².